The predicted octanol–water partition coefficient (Wildman–Crippen LogP) is 7.15. The molecule has 0 saturated heterocycles. The quantitative estimate of drug-likeness (QED) is 0.366. The SMILES string of the molecule is O=C(O)c1cc(-c2ccsc2)c2ccc(OCc3c(Cl)cccc3Cl)cc2c1. The van der Waals surface area contributed by atoms with Crippen LogP contribution in [0.15, 0.2) is 65.4 Å². The molecular formula is C22H14Cl2O3S. The molecule has 0 aliphatic heterocycles. The molecule has 6 heteroatoms. The molecule has 28 heavy (non-hydrogen) atoms. The first-order valence-electron chi connectivity index (χ1n) is 8.42. The van der Waals surface area contributed by atoms with Crippen molar-refractivity contribution in [2.75, 3.05) is 0 Å². The molecule has 0 amide bonds. The number of thiophene rings is 1. The molecular weight excluding hydrogens is 415 g/mol. The summed E-state index contributed by atoms with van der Waals surface area (Å²) in [5.41, 5.74) is 2.83. The molecule has 4 aromatic rings. The van der Waals surface area contributed by atoms with Gasteiger partial charge in [-0.1, -0.05) is 35.3 Å². The highest BCUT2D eigenvalue weighted by molar-refractivity contribution is 7.08. The van der Waals surface area contributed by atoms with Gasteiger partial charge >= 0.3 is 5.97 Å². The van der Waals surface area contributed by atoms with Gasteiger partial charge in [-0.05, 0) is 75.1 Å². The van der Waals surface area contributed by atoms with Crippen LogP contribution in [0.25, 0.3) is 21.9 Å². The van der Waals surface area contributed by atoms with Crippen molar-refractivity contribution in [2.45, 2.75) is 6.61 Å². The Hall–Kier alpha value is -2.53. The van der Waals surface area contributed by atoms with Crippen LogP contribution in [0, 0.1) is 0 Å². The molecule has 0 saturated carbocycles. The lowest BCUT2D eigenvalue weighted by Gasteiger charge is -2.12. The Balaban J connectivity index is 1.73. The fourth-order valence-electron chi connectivity index (χ4n) is 3.04. The van der Waals surface area contributed by atoms with E-state index in [-0.39, 0.29) is 12.2 Å². The molecule has 3 nitrogen and oxygen atoms in total. The number of carbonyl (C=O) groups is 1. The van der Waals surface area contributed by atoms with Crippen LogP contribution in [-0.4, -0.2) is 11.1 Å². The van der Waals surface area contributed by atoms with Crippen molar-refractivity contribution in [3.05, 3.63) is 86.5 Å². The maximum Gasteiger partial charge on any atom is 0.335 e. The summed E-state index contributed by atoms with van der Waals surface area (Å²) in [6.45, 7) is 0.222. The van der Waals surface area contributed by atoms with Gasteiger partial charge in [-0.3, -0.25) is 0 Å². The number of hydrogen-bond donors (Lipinski definition) is 1. The van der Waals surface area contributed by atoms with Crippen molar-refractivity contribution in [3.8, 4) is 16.9 Å². The lowest BCUT2D eigenvalue weighted by atomic mass is 9.97. The average molecular weight is 429 g/mol. The lowest BCUT2D eigenvalue weighted by molar-refractivity contribution is 0.0697. The van der Waals surface area contributed by atoms with Crippen molar-refractivity contribution < 1.29 is 14.6 Å². The van der Waals surface area contributed by atoms with Crippen molar-refractivity contribution in [1.29, 1.82) is 0 Å². The number of ether oxygens (including phenoxy) is 1. The van der Waals surface area contributed by atoms with E-state index in [0.29, 0.717) is 21.4 Å². The highest BCUT2D eigenvalue weighted by Gasteiger charge is 2.13. The number of fused-ring (bicyclic) bond motifs is 1. The van der Waals surface area contributed by atoms with Crippen molar-refractivity contribution in [1.82, 2.24) is 0 Å². The van der Waals surface area contributed by atoms with Crippen LogP contribution >= 0.6 is 34.5 Å². The van der Waals surface area contributed by atoms with E-state index < -0.39 is 5.97 Å². The zero-order valence-corrected chi connectivity index (χ0v) is 16.8. The Morgan fingerprint density at radius 1 is 1.04 bits per heavy atom. The van der Waals surface area contributed by atoms with Crippen molar-refractivity contribution >= 4 is 51.3 Å². The van der Waals surface area contributed by atoms with E-state index in [2.05, 4.69) is 0 Å². The molecule has 0 unspecified atom stereocenters. The number of halogens is 2. The zero-order valence-electron chi connectivity index (χ0n) is 14.5. The molecule has 3 aromatic carbocycles. The number of carboxylic acid groups (broad SMARTS) is 1. The fraction of sp³-hybridized carbons (Fsp3) is 0.0455. The van der Waals surface area contributed by atoms with Gasteiger partial charge in [-0.2, -0.15) is 11.3 Å². The second-order valence-electron chi connectivity index (χ2n) is 6.21. The number of rotatable bonds is 5. The van der Waals surface area contributed by atoms with E-state index in [4.69, 9.17) is 27.9 Å². The number of aromatic carboxylic acids is 1. The van der Waals surface area contributed by atoms with Gasteiger partial charge in [0, 0.05) is 15.6 Å². The monoisotopic (exact) mass is 428 g/mol. The summed E-state index contributed by atoms with van der Waals surface area (Å²) < 4.78 is 5.88. The molecule has 4 rings (SSSR count). The maximum absolute atomic E-state index is 11.6. The third-order valence-electron chi connectivity index (χ3n) is 4.45. The van der Waals surface area contributed by atoms with E-state index in [1.54, 1.807) is 41.7 Å². The standard InChI is InChI=1S/C22H14Cl2O3S/c23-20-2-1-3-21(24)19(20)11-27-16-4-5-17-14(9-16)8-15(22(25)26)10-18(17)13-6-7-28-12-13/h1-10,12H,11H2,(H,25,26). The molecule has 1 N–H and O–H groups in total. The van der Waals surface area contributed by atoms with E-state index in [1.165, 1.54) is 0 Å². The van der Waals surface area contributed by atoms with Crippen LogP contribution in [0.1, 0.15) is 15.9 Å². The maximum atomic E-state index is 11.6. The molecule has 1 heterocycles. The summed E-state index contributed by atoms with van der Waals surface area (Å²) in [7, 11) is 0. The first kappa shape index (κ1) is 18.8. The Labute approximate surface area is 175 Å². The van der Waals surface area contributed by atoms with E-state index >= 15 is 0 Å². The Morgan fingerprint density at radius 3 is 2.50 bits per heavy atom. The zero-order chi connectivity index (χ0) is 19.7. The van der Waals surface area contributed by atoms with Crippen LogP contribution in [0.4, 0.5) is 0 Å². The third-order valence-corrected chi connectivity index (χ3v) is 5.84. The average Bonchev–Trinajstić information content (AvgIpc) is 3.21. The summed E-state index contributed by atoms with van der Waals surface area (Å²) in [4.78, 5) is 11.6. The largest absolute Gasteiger partial charge is 0.489 e. The van der Waals surface area contributed by atoms with Crippen LogP contribution in [-0.2, 0) is 6.61 Å². The van der Waals surface area contributed by atoms with Gasteiger partial charge in [0.05, 0.1) is 5.56 Å². The predicted molar refractivity (Wildman–Crippen MR) is 115 cm³/mol. The summed E-state index contributed by atoms with van der Waals surface area (Å²) >= 11 is 14.0. The molecule has 0 aliphatic carbocycles. The molecule has 140 valence electrons. The molecule has 0 aliphatic rings. The van der Waals surface area contributed by atoms with Gasteiger partial charge in [-0.15, -0.1) is 0 Å². The van der Waals surface area contributed by atoms with Crippen LogP contribution in [0.2, 0.25) is 10.0 Å². The molecule has 1 aromatic heterocycles. The highest BCUT2D eigenvalue weighted by atomic mass is 35.5. The summed E-state index contributed by atoms with van der Waals surface area (Å²) in [5.74, 6) is -0.352. The van der Waals surface area contributed by atoms with E-state index in [9.17, 15) is 9.90 Å². The van der Waals surface area contributed by atoms with Crippen LogP contribution in [0.3, 0.4) is 0 Å². The minimum atomic E-state index is -0.965. The van der Waals surface area contributed by atoms with Gasteiger partial charge in [0.2, 0.25) is 0 Å². The van der Waals surface area contributed by atoms with Gasteiger partial charge in [0.25, 0.3) is 0 Å². The van der Waals surface area contributed by atoms with Crippen molar-refractivity contribution in [3.63, 3.8) is 0 Å². The summed E-state index contributed by atoms with van der Waals surface area (Å²) in [5, 5.41) is 16.3. The van der Waals surface area contributed by atoms with Crippen molar-refractivity contribution in [2.24, 2.45) is 0 Å². The highest BCUT2D eigenvalue weighted by Crippen LogP contribution is 2.34. The van der Waals surface area contributed by atoms with E-state index in [1.807, 2.05) is 35.0 Å². The fourth-order valence-corrected chi connectivity index (χ4v) is 4.21. The molecule has 0 atom stereocenters. The number of benzene rings is 3. The van der Waals surface area contributed by atoms with E-state index in [0.717, 1.165) is 21.9 Å². The second kappa shape index (κ2) is 7.84. The van der Waals surface area contributed by atoms with Gasteiger partial charge in [0.1, 0.15) is 12.4 Å². The topological polar surface area (TPSA) is 46.5 Å². The van der Waals surface area contributed by atoms with Gasteiger partial charge < -0.3 is 9.84 Å². The number of hydrogen-bond acceptors (Lipinski definition) is 3. The normalized spacial score (nSPS) is 10.9. The Bertz CT molecular complexity index is 1150. The Kier molecular flexibility index (Phi) is 5.27. The minimum Gasteiger partial charge on any atom is -0.489 e. The van der Waals surface area contributed by atoms with Gasteiger partial charge in [-0.25, -0.2) is 4.79 Å². The Morgan fingerprint density at radius 2 is 1.82 bits per heavy atom. The first-order valence-corrected chi connectivity index (χ1v) is 10.1. The number of carboxylic acids is 1. The minimum absolute atomic E-state index is 0.222. The molecule has 0 radical (unpaired) electrons. The molecule has 0 spiro atoms. The third kappa shape index (κ3) is 3.72. The molecule has 0 bridgehead atoms. The smallest absolute Gasteiger partial charge is 0.335 e. The molecule has 0 fully saturated rings. The van der Waals surface area contributed by atoms with Crippen LogP contribution in [0.5, 0.6) is 5.75 Å². The first-order chi connectivity index (χ1) is 13.5. The van der Waals surface area contributed by atoms with Crippen LogP contribution < -0.4 is 4.74 Å². The lowest BCUT2D eigenvalue weighted by Crippen LogP contribution is -1.99. The summed E-state index contributed by atoms with van der Waals surface area (Å²) in [6.07, 6.45) is 0. The second-order valence-corrected chi connectivity index (χ2v) is 7.81. The summed E-state index contributed by atoms with van der Waals surface area (Å²) in [6, 6.07) is 16.3. The van der Waals surface area contributed by atoms with Gasteiger partial charge in [0.15, 0.2) is 0 Å².